The molecule has 28 heavy (non-hydrogen) atoms. The molecule has 1 saturated heterocycles. The molecule has 3 aromatic rings. The molecule has 0 aliphatic carbocycles. The van der Waals surface area contributed by atoms with Crippen LogP contribution in [0.4, 0.5) is 11.6 Å². The highest BCUT2D eigenvalue weighted by Gasteiger charge is 2.20. The molecule has 0 amide bonds. The summed E-state index contributed by atoms with van der Waals surface area (Å²) in [5, 5.41) is 15.2. The summed E-state index contributed by atoms with van der Waals surface area (Å²) >= 11 is 6.23. The van der Waals surface area contributed by atoms with Crippen LogP contribution in [0.3, 0.4) is 0 Å². The molecule has 7 heteroatoms. The van der Waals surface area contributed by atoms with Crippen LogP contribution in [0, 0.1) is 0 Å². The molecular weight excluding hydrogens is 374 g/mol. The highest BCUT2D eigenvalue weighted by molar-refractivity contribution is 6.32. The van der Waals surface area contributed by atoms with Gasteiger partial charge in [0.05, 0.1) is 12.1 Å². The normalized spacial score (nSPS) is 15.0. The molecular formula is C21H24ClN5O. The third-order valence-electron chi connectivity index (χ3n) is 5.18. The molecule has 1 aromatic heterocycles. The second-order valence-corrected chi connectivity index (χ2v) is 7.47. The maximum absolute atomic E-state index is 6.23. The molecule has 3 N–H and O–H groups in total. The molecule has 0 bridgehead atoms. The van der Waals surface area contributed by atoms with Crippen molar-refractivity contribution in [2.75, 3.05) is 30.4 Å². The third kappa shape index (κ3) is 3.84. The molecule has 2 aromatic carbocycles. The number of fused-ring (bicyclic) bond motifs is 1. The van der Waals surface area contributed by atoms with Crippen molar-refractivity contribution in [2.45, 2.75) is 25.4 Å². The zero-order valence-electron chi connectivity index (χ0n) is 15.9. The highest BCUT2D eigenvalue weighted by Crippen LogP contribution is 2.30. The van der Waals surface area contributed by atoms with Crippen LogP contribution >= 0.6 is 11.6 Å². The number of piperidine rings is 1. The number of nitrogens with zero attached hydrogens (tertiary/aromatic N) is 3. The Bertz CT molecular complexity index is 972. The van der Waals surface area contributed by atoms with E-state index in [4.69, 9.17) is 22.1 Å². The number of rotatable bonds is 5. The van der Waals surface area contributed by atoms with Gasteiger partial charge < -0.3 is 20.7 Å². The van der Waals surface area contributed by atoms with E-state index in [1.165, 1.54) is 0 Å². The molecule has 2 heterocycles. The molecule has 0 spiro atoms. The summed E-state index contributed by atoms with van der Waals surface area (Å²) in [7, 11) is 1.61. The van der Waals surface area contributed by atoms with E-state index in [2.05, 4.69) is 32.5 Å². The first-order valence-corrected chi connectivity index (χ1v) is 9.85. The first-order valence-electron chi connectivity index (χ1n) is 9.48. The van der Waals surface area contributed by atoms with Gasteiger partial charge in [0.2, 0.25) is 0 Å². The van der Waals surface area contributed by atoms with Crippen molar-refractivity contribution in [1.29, 1.82) is 0 Å². The van der Waals surface area contributed by atoms with Gasteiger partial charge in [-0.2, -0.15) is 0 Å². The van der Waals surface area contributed by atoms with Crippen LogP contribution < -0.4 is 20.7 Å². The van der Waals surface area contributed by atoms with Gasteiger partial charge in [-0.05, 0) is 30.5 Å². The molecule has 0 unspecified atom stereocenters. The number of anilines is 2. The first kappa shape index (κ1) is 18.8. The lowest BCUT2D eigenvalue weighted by atomic mass is 10.1. The van der Waals surface area contributed by atoms with E-state index in [1.807, 2.05) is 30.3 Å². The zero-order chi connectivity index (χ0) is 19.5. The van der Waals surface area contributed by atoms with Crippen LogP contribution in [0.2, 0.25) is 5.02 Å². The van der Waals surface area contributed by atoms with E-state index in [0.29, 0.717) is 17.3 Å². The number of halogens is 1. The lowest BCUT2D eigenvalue weighted by molar-refractivity contribution is 0.415. The fourth-order valence-electron chi connectivity index (χ4n) is 3.57. The number of nitrogens with two attached hydrogens (primary N) is 1. The van der Waals surface area contributed by atoms with Crippen LogP contribution in [-0.2, 0) is 6.54 Å². The molecule has 0 radical (unpaired) electrons. The molecule has 1 fully saturated rings. The van der Waals surface area contributed by atoms with E-state index in [-0.39, 0.29) is 6.04 Å². The van der Waals surface area contributed by atoms with E-state index < -0.39 is 0 Å². The van der Waals surface area contributed by atoms with Crippen molar-refractivity contribution < 1.29 is 4.74 Å². The topological polar surface area (TPSA) is 76.3 Å². The van der Waals surface area contributed by atoms with Crippen molar-refractivity contribution in [2.24, 2.45) is 5.73 Å². The predicted octanol–water partition coefficient (Wildman–Crippen LogP) is 3.83. The Balaban J connectivity index is 1.58. The number of nitrogens with one attached hydrogen (secondary N) is 1. The smallest absolute Gasteiger partial charge is 0.159 e. The summed E-state index contributed by atoms with van der Waals surface area (Å²) in [6.07, 6.45) is 1.96. The van der Waals surface area contributed by atoms with Crippen molar-refractivity contribution in [1.82, 2.24) is 10.2 Å². The number of aromatic nitrogens is 2. The van der Waals surface area contributed by atoms with E-state index in [0.717, 1.165) is 53.9 Å². The van der Waals surface area contributed by atoms with Gasteiger partial charge in [-0.3, -0.25) is 0 Å². The molecule has 1 aliphatic rings. The van der Waals surface area contributed by atoms with Gasteiger partial charge in [-0.1, -0.05) is 41.9 Å². The molecule has 0 saturated carbocycles. The summed E-state index contributed by atoms with van der Waals surface area (Å²) in [5.41, 5.74) is 7.09. The molecule has 146 valence electrons. The Morgan fingerprint density at radius 3 is 2.61 bits per heavy atom. The fourth-order valence-corrected chi connectivity index (χ4v) is 3.85. The lowest BCUT2D eigenvalue weighted by Crippen LogP contribution is -2.40. The van der Waals surface area contributed by atoms with Crippen LogP contribution in [-0.4, -0.2) is 36.4 Å². The van der Waals surface area contributed by atoms with Crippen LogP contribution in [0.15, 0.2) is 42.5 Å². The number of ether oxygens (including phenoxy) is 1. The molecule has 0 atom stereocenters. The van der Waals surface area contributed by atoms with Crippen molar-refractivity contribution >= 4 is 34.0 Å². The largest absolute Gasteiger partial charge is 0.495 e. The third-order valence-corrected chi connectivity index (χ3v) is 5.48. The predicted molar refractivity (Wildman–Crippen MR) is 114 cm³/mol. The van der Waals surface area contributed by atoms with E-state index >= 15 is 0 Å². The highest BCUT2D eigenvalue weighted by atomic mass is 35.5. The maximum atomic E-state index is 6.23. The van der Waals surface area contributed by atoms with Gasteiger partial charge in [0, 0.05) is 36.4 Å². The summed E-state index contributed by atoms with van der Waals surface area (Å²) in [6, 6.07) is 14.3. The number of hydrogen-bond donors (Lipinski definition) is 2. The Labute approximate surface area is 169 Å². The van der Waals surface area contributed by atoms with Crippen molar-refractivity contribution in [3.05, 3.63) is 53.1 Å². The Kier molecular flexibility index (Phi) is 5.50. The van der Waals surface area contributed by atoms with Crippen molar-refractivity contribution in [3.8, 4) is 5.75 Å². The summed E-state index contributed by atoms with van der Waals surface area (Å²) in [6.45, 7) is 2.42. The monoisotopic (exact) mass is 397 g/mol. The van der Waals surface area contributed by atoms with Gasteiger partial charge >= 0.3 is 0 Å². The number of hydrogen-bond acceptors (Lipinski definition) is 6. The molecule has 4 rings (SSSR count). The van der Waals surface area contributed by atoms with Crippen LogP contribution in [0.25, 0.3) is 10.8 Å². The van der Waals surface area contributed by atoms with Gasteiger partial charge in [-0.15, -0.1) is 10.2 Å². The number of benzene rings is 2. The van der Waals surface area contributed by atoms with E-state index in [9.17, 15) is 0 Å². The van der Waals surface area contributed by atoms with Crippen LogP contribution in [0.1, 0.15) is 18.4 Å². The van der Waals surface area contributed by atoms with E-state index in [1.54, 1.807) is 7.11 Å². The summed E-state index contributed by atoms with van der Waals surface area (Å²) < 4.78 is 5.21. The number of methoxy groups -OCH3 is 1. The Hall–Kier alpha value is -2.57. The SMILES string of the molecule is COc1ccc(CNc2nnc(N3CCC(N)CC3)c3ccccc23)cc1Cl. The van der Waals surface area contributed by atoms with Crippen molar-refractivity contribution in [3.63, 3.8) is 0 Å². The maximum Gasteiger partial charge on any atom is 0.159 e. The van der Waals surface area contributed by atoms with Crippen LogP contribution in [0.5, 0.6) is 5.75 Å². The Morgan fingerprint density at radius 1 is 1.14 bits per heavy atom. The quantitative estimate of drug-likeness (QED) is 0.681. The van der Waals surface area contributed by atoms with Gasteiger partial charge in [0.1, 0.15) is 5.75 Å². The fraction of sp³-hybridized carbons (Fsp3) is 0.333. The van der Waals surface area contributed by atoms with Gasteiger partial charge in [0.25, 0.3) is 0 Å². The lowest BCUT2D eigenvalue weighted by Gasteiger charge is -2.31. The second kappa shape index (κ2) is 8.20. The minimum absolute atomic E-state index is 0.285. The summed E-state index contributed by atoms with van der Waals surface area (Å²) in [4.78, 5) is 2.28. The average Bonchev–Trinajstić information content (AvgIpc) is 2.73. The minimum atomic E-state index is 0.285. The minimum Gasteiger partial charge on any atom is -0.495 e. The average molecular weight is 398 g/mol. The second-order valence-electron chi connectivity index (χ2n) is 7.06. The standard InChI is InChI=1S/C21H24ClN5O/c1-28-19-7-6-14(12-18(19)22)13-24-20-16-4-2-3-5-17(16)21(26-25-20)27-10-8-15(23)9-11-27/h2-7,12,15H,8-11,13,23H2,1H3,(H,24,25). The first-order chi connectivity index (χ1) is 13.7. The molecule has 6 nitrogen and oxygen atoms in total. The Morgan fingerprint density at radius 2 is 1.89 bits per heavy atom. The summed E-state index contributed by atoms with van der Waals surface area (Å²) in [5.74, 6) is 2.36. The van der Waals surface area contributed by atoms with Gasteiger partial charge in [0.15, 0.2) is 11.6 Å². The zero-order valence-corrected chi connectivity index (χ0v) is 16.6. The molecule has 1 aliphatic heterocycles. The van der Waals surface area contributed by atoms with Gasteiger partial charge in [-0.25, -0.2) is 0 Å².